The molecule has 2 amide bonds. The van der Waals surface area contributed by atoms with Crippen molar-refractivity contribution < 1.29 is 48.8 Å². The molecule has 246 valence electrons. The van der Waals surface area contributed by atoms with Crippen molar-refractivity contribution in [3.63, 3.8) is 0 Å². The van der Waals surface area contributed by atoms with Gasteiger partial charge in [-0.1, -0.05) is 11.8 Å². The van der Waals surface area contributed by atoms with Crippen LogP contribution in [0.2, 0.25) is 0 Å². The Hall–Kier alpha value is 0.120. The van der Waals surface area contributed by atoms with E-state index in [4.69, 9.17) is 34.3 Å². The summed E-state index contributed by atoms with van der Waals surface area (Å²) in [6.45, 7) is 0. The first-order valence-electron chi connectivity index (χ1n) is 11.9. The first-order chi connectivity index (χ1) is 20.7. The van der Waals surface area contributed by atoms with E-state index >= 15 is 0 Å². The monoisotopic (exact) mass is 750 g/mol. The number of alkyl carbamates (subject to hydrolysis) is 2. The zero-order valence-corrected chi connectivity index (χ0v) is 29.3. The highest BCUT2D eigenvalue weighted by Crippen LogP contribution is 2.09. The van der Waals surface area contributed by atoms with Gasteiger partial charge in [0.2, 0.25) is 12.8 Å². The molecule has 0 aliphatic heterocycles. The smallest absolute Gasteiger partial charge is 0.408 e. The van der Waals surface area contributed by atoms with Crippen LogP contribution in [0.25, 0.3) is 0 Å². The second kappa shape index (κ2) is 37.3. The Morgan fingerprint density at radius 2 is 0.976 bits per heavy atom. The Kier molecular flexibility index (Phi) is 37.4. The Morgan fingerprint density at radius 1 is 0.571 bits per heavy atom. The third kappa shape index (κ3) is 36.3. The number of aliphatic hydroxyl groups excluding tert-OH is 2. The van der Waals surface area contributed by atoms with Crippen LogP contribution < -0.4 is 10.6 Å². The Labute approximate surface area is 280 Å². The van der Waals surface area contributed by atoms with Crippen molar-refractivity contribution in [3.8, 4) is 0 Å². The van der Waals surface area contributed by atoms with Gasteiger partial charge >= 0.3 is 12.2 Å². The van der Waals surface area contributed by atoms with Gasteiger partial charge in [-0.2, -0.15) is 9.78 Å². The first-order valence-corrected chi connectivity index (χ1v) is 21.1. The zero-order chi connectivity index (χ0) is 30.6. The molecule has 0 aromatic rings. The molecule has 4 N–H and O–H groups in total. The second-order valence-electron chi connectivity index (χ2n) is 6.36. The Bertz CT molecular complexity index is 680. The van der Waals surface area contributed by atoms with E-state index in [1.807, 2.05) is 0 Å². The summed E-state index contributed by atoms with van der Waals surface area (Å²) in [6, 6.07) is 0. The van der Waals surface area contributed by atoms with Gasteiger partial charge in [0.25, 0.3) is 0 Å². The molecule has 0 aliphatic carbocycles. The molecule has 0 rings (SSSR count). The number of aliphatic imine (C=N–C) groups is 2. The molecule has 42 heavy (non-hydrogen) atoms. The zero-order valence-electron chi connectivity index (χ0n) is 22.8. The van der Waals surface area contributed by atoms with Crippen molar-refractivity contribution in [2.75, 3.05) is 93.7 Å². The van der Waals surface area contributed by atoms with Crippen LogP contribution in [0.3, 0.4) is 0 Å². The van der Waals surface area contributed by atoms with E-state index in [1.165, 1.54) is 36.3 Å². The SMILES string of the molecule is O=C(NCSCCSC/N=C/OOCSCCSCOC(=O)NCSCCSC/N=C/OOCSCO)OCSCO. The third-order valence-electron chi connectivity index (χ3n) is 3.45. The minimum Gasteiger partial charge on any atom is -0.438 e. The quantitative estimate of drug-likeness (QED) is 0.0201. The molecule has 0 aromatic heterocycles. The number of carbonyl (C=O) groups is 2. The molecule has 22 heteroatoms. The van der Waals surface area contributed by atoms with E-state index in [1.54, 1.807) is 58.8 Å². The highest BCUT2D eigenvalue weighted by atomic mass is 32.2. The minimum absolute atomic E-state index is 0.0226. The van der Waals surface area contributed by atoms with Gasteiger partial charge in [0, 0.05) is 34.5 Å². The lowest BCUT2D eigenvalue weighted by atomic mass is 11.0. The van der Waals surface area contributed by atoms with Gasteiger partial charge in [-0.3, -0.25) is 0 Å². The number of rotatable bonds is 31. The first kappa shape index (κ1) is 42.1. The lowest BCUT2D eigenvalue weighted by Gasteiger charge is -2.06. The van der Waals surface area contributed by atoms with Gasteiger partial charge in [-0.25, -0.2) is 19.6 Å². The summed E-state index contributed by atoms with van der Waals surface area (Å²) >= 11 is 11.8. The van der Waals surface area contributed by atoms with E-state index in [2.05, 4.69) is 25.5 Å². The third-order valence-corrected chi connectivity index (χ3v) is 10.0. The van der Waals surface area contributed by atoms with Crippen LogP contribution in [0, 0.1) is 0 Å². The van der Waals surface area contributed by atoms with Gasteiger partial charge in [0.15, 0.2) is 0 Å². The van der Waals surface area contributed by atoms with Gasteiger partial charge in [0.1, 0.15) is 23.8 Å². The maximum absolute atomic E-state index is 11.7. The van der Waals surface area contributed by atoms with Crippen LogP contribution in [0.15, 0.2) is 9.98 Å². The fourth-order valence-electron chi connectivity index (χ4n) is 1.74. The average Bonchev–Trinajstić information content (AvgIpc) is 2.99. The number of amides is 2. The van der Waals surface area contributed by atoms with Crippen LogP contribution in [0.1, 0.15) is 0 Å². The highest BCUT2D eigenvalue weighted by molar-refractivity contribution is 8.03. The molecule has 0 unspecified atom stereocenters. The van der Waals surface area contributed by atoms with E-state index < -0.39 is 12.2 Å². The molecule has 0 aromatic carbocycles. The van der Waals surface area contributed by atoms with Crippen molar-refractivity contribution in [1.29, 1.82) is 0 Å². The summed E-state index contributed by atoms with van der Waals surface area (Å²) in [6.07, 6.45) is 1.57. The number of hydrogen-bond acceptors (Lipinski definition) is 20. The van der Waals surface area contributed by atoms with Crippen LogP contribution in [-0.2, 0) is 29.0 Å². The molecule has 0 bridgehead atoms. The Morgan fingerprint density at radius 3 is 1.50 bits per heavy atom. The predicted molar refractivity (Wildman–Crippen MR) is 184 cm³/mol. The number of aliphatic hydroxyl groups is 2. The van der Waals surface area contributed by atoms with Crippen molar-refractivity contribution in [2.45, 2.75) is 0 Å². The molecular formula is C20H38N4O10S8. The molecule has 0 radical (unpaired) electrons. The maximum atomic E-state index is 11.7. The highest BCUT2D eigenvalue weighted by Gasteiger charge is 2.02. The van der Waals surface area contributed by atoms with Crippen LogP contribution in [-0.4, -0.2) is 129 Å². The summed E-state index contributed by atoms with van der Waals surface area (Å²) in [7, 11) is 0. The number of carbonyl (C=O) groups excluding carboxylic acids is 2. The molecule has 0 aliphatic rings. The van der Waals surface area contributed by atoms with E-state index in [-0.39, 0.29) is 29.7 Å². The number of thioether (sulfide) groups is 8. The molecule has 0 spiro atoms. The van der Waals surface area contributed by atoms with Gasteiger partial charge < -0.3 is 40.1 Å². The summed E-state index contributed by atoms with van der Waals surface area (Å²) in [4.78, 5) is 50.3. The molecule has 0 heterocycles. The molecule has 14 nitrogen and oxygen atoms in total. The van der Waals surface area contributed by atoms with Crippen LogP contribution in [0.5, 0.6) is 0 Å². The molecule has 0 atom stereocenters. The van der Waals surface area contributed by atoms with Crippen molar-refractivity contribution in [2.24, 2.45) is 9.98 Å². The van der Waals surface area contributed by atoms with Crippen LogP contribution in [0.4, 0.5) is 9.59 Å². The van der Waals surface area contributed by atoms with Gasteiger partial charge in [-0.05, 0) is 0 Å². The number of nitrogens with zero attached hydrogens (tertiary/aromatic N) is 2. The number of hydrogen-bond donors (Lipinski definition) is 4. The summed E-state index contributed by atoms with van der Waals surface area (Å²) in [5, 5.41) is 22.4. The summed E-state index contributed by atoms with van der Waals surface area (Å²) < 4.78 is 9.92. The minimum atomic E-state index is -0.494. The van der Waals surface area contributed by atoms with Crippen molar-refractivity contribution >= 4 is 119 Å². The molecule has 0 fully saturated rings. The Balaban J connectivity index is 3.26. The fraction of sp³-hybridized carbons (Fsp3) is 0.800. The van der Waals surface area contributed by atoms with E-state index in [0.717, 1.165) is 46.3 Å². The molecule has 0 saturated carbocycles. The predicted octanol–water partition coefficient (Wildman–Crippen LogP) is 3.82. The lowest BCUT2D eigenvalue weighted by Crippen LogP contribution is -2.24. The largest absolute Gasteiger partial charge is 0.438 e. The average molecular weight is 751 g/mol. The van der Waals surface area contributed by atoms with Crippen LogP contribution >= 0.6 is 94.1 Å². The standard InChI is InChI=1S/C20H38N4O10S8/c25-13-41-16-30-20(28)24-12-38-4-2-35-9-21-7-31-33-17-40-6-5-39-15-29-19(27)23-11-37-3-1-36-10-22-8-32-34-18-42-14-26/h7-8,25-26H,1-6,9-18H2,(H,23,27)(H,24,28)/b21-7+,22-8+. The van der Waals surface area contributed by atoms with Crippen molar-refractivity contribution in [3.05, 3.63) is 0 Å². The second-order valence-corrected chi connectivity index (χ2v) is 14.6. The number of ether oxygens (including phenoxy) is 2. The fourth-order valence-corrected chi connectivity index (χ4v) is 6.90. The number of nitrogens with one attached hydrogen (secondary N) is 2. The topological polar surface area (TPSA) is 179 Å². The van der Waals surface area contributed by atoms with Crippen molar-refractivity contribution in [1.82, 2.24) is 10.6 Å². The molecular weight excluding hydrogens is 713 g/mol. The van der Waals surface area contributed by atoms with Gasteiger partial charge in [-0.15, -0.1) is 82.3 Å². The van der Waals surface area contributed by atoms with E-state index in [9.17, 15) is 9.59 Å². The normalized spacial score (nSPS) is 11.2. The summed E-state index contributed by atoms with van der Waals surface area (Å²) in [5.74, 6) is 8.02. The molecule has 0 saturated heterocycles. The summed E-state index contributed by atoms with van der Waals surface area (Å²) in [5.41, 5.74) is 0. The van der Waals surface area contributed by atoms with E-state index in [0.29, 0.717) is 29.4 Å². The lowest BCUT2D eigenvalue weighted by molar-refractivity contribution is -0.196. The van der Waals surface area contributed by atoms with Gasteiger partial charge in [0.05, 0.1) is 35.4 Å². The maximum Gasteiger partial charge on any atom is 0.408 e.